The molecule has 3 rings (SSSR count). The number of urea groups is 1. The van der Waals surface area contributed by atoms with Crippen molar-refractivity contribution in [3.8, 4) is 16.9 Å². The summed E-state index contributed by atoms with van der Waals surface area (Å²) in [6.45, 7) is 2.77. The van der Waals surface area contributed by atoms with Crippen LogP contribution in [-0.2, 0) is 11.2 Å². The molecule has 0 aliphatic carbocycles. The average molecular weight is 366 g/mol. The zero-order valence-electron chi connectivity index (χ0n) is 16.0. The van der Waals surface area contributed by atoms with Crippen molar-refractivity contribution in [1.82, 2.24) is 5.32 Å². The first kappa shape index (κ1) is 19.0. The lowest BCUT2D eigenvalue weighted by atomic mass is 9.99. The van der Waals surface area contributed by atoms with Crippen LogP contribution in [0.5, 0.6) is 5.75 Å². The summed E-state index contributed by atoms with van der Waals surface area (Å²) in [7, 11) is 1.73. The maximum Gasteiger partial charge on any atom is 0.321 e. The summed E-state index contributed by atoms with van der Waals surface area (Å²) in [5.41, 5.74) is 3.39. The van der Waals surface area contributed by atoms with E-state index in [0.29, 0.717) is 30.8 Å². The Hall–Kier alpha value is -2.82. The normalized spacial score (nSPS) is 12.9. The van der Waals surface area contributed by atoms with Crippen molar-refractivity contribution in [1.29, 1.82) is 0 Å². The van der Waals surface area contributed by atoms with Crippen molar-refractivity contribution in [2.45, 2.75) is 39.0 Å². The lowest BCUT2D eigenvalue weighted by Crippen LogP contribution is -2.38. The summed E-state index contributed by atoms with van der Waals surface area (Å²) >= 11 is 0. The molecule has 5 heteroatoms. The molecule has 27 heavy (non-hydrogen) atoms. The summed E-state index contributed by atoms with van der Waals surface area (Å²) in [4.78, 5) is 26.4. The van der Waals surface area contributed by atoms with E-state index in [9.17, 15) is 9.59 Å². The molecule has 2 aromatic rings. The van der Waals surface area contributed by atoms with Crippen LogP contribution >= 0.6 is 0 Å². The quantitative estimate of drug-likeness (QED) is 0.464. The van der Waals surface area contributed by atoms with E-state index < -0.39 is 0 Å². The molecule has 0 spiro atoms. The number of rotatable bonds is 6. The molecule has 1 N–H and O–H groups in total. The van der Waals surface area contributed by atoms with Crippen LogP contribution in [0, 0.1) is 0 Å². The molecule has 5 nitrogen and oxygen atoms in total. The lowest BCUT2D eigenvalue weighted by Gasteiger charge is -2.24. The number of esters is 1. The molecule has 2 aromatic carbocycles. The van der Waals surface area contributed by atoms with Gasteiger partial charge in [-0.25, -0.2) is 4.79 Å². The number of fused-ring (bicyclic) bond motifs is 2. The highest BCUT2D eigenvalue weighted by Crippen LogP contribution is 2.43. The van der Waals surface area contributed by atoms with Crippen LogP contribution in [0.1, 0.15) is 38.2 Å². The van der Waals surface area contributed by atoms with E-state index in [1.807, 2.05) is 42.5 Å². The number of nitrogens with zero attached hydrogens (tertiary/aromatic N) is 1. The largest absolute Gasteiger partial charge is 0.424 e. The van der Waals surface area contributed by atoms with Gasteiger partial charge in [-0.1, -0.05) is 62.2 Å². The van der Waals surface area contributed by atoms with Gasteiger partial charge >= 0.3 is 12.0 Å². The SMILES string of the molecule is CCCCCNC(=O)N(C)c1c2ccc(-c3ccccc3)c1OC(=O)CC2. The van der Waals surface area contributed by atoms with Gasteiger partial charge in [0.1, 0.15) is 0 Å². The van der Waals surface area contributed by atoms with E-state index in [2.05, 4.69) is 12.2 Å². The summed E-state index contributed by atoms with van der Waals surface area (Å²) in [5, 5.41) is 2.96. The molecule has 0 fully saturated rings. The van der Waals surface area contributed by atoms with Gasteiger partial charge in [0.2, 0.25) is 0 Å². The third-order valence-corrected chi connectivity index (χ3v) is 4.81. The maximum atomic E-state index is 12.7. The maximum absolute atomic E-state index is 12.7. The molecule has 0 saturated carbocycles. The Morgan fingerprint density at radius 2 is 1.89 bits per heavy atom. The highest BCUT2D eigenvalue weighted by Gasteiger charge is 2.27. The van der Waals surface area contributed by atoms with E-state index in [-0.39, 0.29) is 12.0 Å². The standard InChI is InChI=1S/C22H26N2O3/c1-3-4-8-15-23-22(26)24(2)20-17-11-13-18(16-9-6-5-7-10-16)21(20)27-19(25)14-12-17/h5-7,9-11,13H,3-4,8,12,14-15H2,1-2H3,(H,23,26). The van der Waals surface area contributed by atoms with Gasteiger partial charge in [0.15, 0.2) is 5.75 Å². The van der Waals surface area contributed by atoms with Gasteiger partial charge in [0.25, 0.3) is 0 Å². The summed E-state index contributed by atoms with van der Waals surface area (Å²) in [5.74, 6) is 0.193. The first-order valence-electron chi connectivity index (χ1n) is 9.55. The first-order valence-corrected chi connectivity index (χ1v) is 9.55. The van der Waals surface area contributed by atoms with Crippen LogP contribution in [0.3, 0.4) is 0 Å². The number of nitrogens with one attached hydrogen (secondary N) is 1. The lowest BCUT2D eigenvalue weighted by molar-refractivity contribution is -0.134. The molecule has 1 aliphatic rings. The van der Waals surface area contributed by atoms with Gasteiger partial charge in [-0.2, -0.15) is 0 Å². The Labute approximate surface area is 160 Å². The van der Waals surface area contributed by atoms with Crippen molar-refractivity contribution in [3.63, 3.8) is 0 Å². The van der Waals surface area contributed by atoms with Crippen molar-refractivity contribution >= 4 is 17.7 Å². The minimum absolute atomic E-state index is 0.184. The number of anilines is 1. The smallest absolute Gasteiger partial charge is 0.321 e. The molecule has 0 atom stereocenters. The molecule has 1 heterocycles. The van der Waals surface area contributed by atoms with E-state index >= 15 is 0 Å². The predicted molar refractivity (Wildman–Crippen MR) is 107 cm³/mol. The van der Waals surface area contributed by atoms with Gasteiger partial charge in [-0.3, -0.25) is 9.69 Å². The van der Waals surface area contributed by atoms with Gasteiger partial charge in [0, 0.05) is 19.2 Å². The molecule has 0 radical (unpaired) electrons. The number of ether oxygens (including phenoxy) is 1. The van der Waals surface area contributed by atoms with Gasteiger partial charge in [-0.15, -0.1) is 0 Å². The van der Waals surface area contributed by atoms with Crippen LogP contribution < -0.4 is 15.0 Å². The number of amides is 2. The van der Waals surface area contributed by atoms with E-state index in [1.165, 1.54) is 0 Å². The van der Waals surface area contributed by atoms with E-state index in [4.69, 9.17) is 4.74 Å². The Morgan fingerprint density at radius 3 is 2.63 bits per heavy atom. The van der Waals surface area contributed by atoms with Gasteiger partial charge < -0.3 is 10.1 Å². The number of unbranched alkanes of at least 4 members (excludes halogenated alkanes) is 2. The van der Waals surface area contributed by atoms with Crippen LogP contribution in [0.15, 0.2) is 42.5 Å². The number of benzene rings is 2. The summed E-state index contributed by atoms with van der Waals surface area (Å²) in [6.07, 6.45) is 4.01. The molecular weight excluding hydrogens is 340 g/mol. The second-order valence-corrected chi connectivity index (χ2v) is 6.79. The van der Waals surface area contributed by atoms with E-state index in [0.717, 1.165) is 36.0 Å². The molecule has 142 valence electrons. The highest BCUT2D eigenvalue weighted by molar-refractivity contribution is 5.98. The second kappa shape index (κ2) is 8.71. The molecule has 2 amide bonds. The molecule has 0 saturated heterocycles. The summed E-state index contributed by atoms with van der Waals surface area (Å²) in [6, 6.07) is 13.5. The van der Waals surface area contributed by atoms with Crippen molar-refractivity contribution in [2.24, 2.45) is 0 Å². The van der Waals surface area contributed by atoms with Crippen LogP contribution in [-0.4, -0.2) is 25.6 Å². The van der Waals surface area contributed by atoms with Crippen LogP contribution in [0.2, 0.25) is 0 Å². The third-order valence-electron chi connectivity index (χ3n) is 4.81. The topological polar surface area (TPSA) is 58.6 Å². The fraction of sp³-hybridized carbons (Fsp3) is 0.364. The number of aryl methyl sites for hydroxylation is 1. The molecule has 0 unspecified atom stereocenters. The number of carbonyl (C=O) groups is 2. The average Bonchev–Trinajstić information content (AvgIpc) is 2.79. The molecule has 2 bridgehead atoms. The number of hydrogen-bond donors (Lipinski definition) is 1. The monoisotopic (exact) mass is 366 g/mol. The Balaban J connectivity index is 1.96. The van der Waals surface area contributed by atoms with Gasteiger partial charge in [0.05, 0.1) is 12.1 Å². The van der Waals surface area contributed by atoms with Crippen molar-refractivity contribution < 1.29 is 14.3 Å². The number of hydrogen-bond acceptors (Lipinski definition) is 3. The number of carbonyl (C=O) groups excluding carboxylic acids is 2. The second-order valence-electron chi connectivity index (χ2n) is 6.79. The zero-order valence-corrected chi connectivity index (χ0v) is 16.0. The molecule has 1 aliphatic heterocycles. The molecular formula is C22H26N2O3. The zero-order chi connectivity index (χ0) is 19.2. The Bertz CT molecular complexity index is 818. The minimum atomic E-state index is -0.272. The fourth-order valence-electron chi connectivity index (χ4n) is 3.32. The van der Waals surface area contributed by atoms with Crippen LogP contribution in [0.4, 0.5) is 10.5 Å². The minimum Gasteiger partial charge on any atom is -0.424 e. The first-order chi connectivity index (χ1) is 13.1. The van der Waals surface area contributed by atoms with Crippen molar-refractivity contribution in [2.75, 3.05) is 18.5 Å². The predicted octanol–water partition coefficient (Wildman–Crippen LogP) is 4.54. The van der Waals surface area contributed by atoms with Crippen LogP contribution in [0.25, 0.3) is 11.1 Å². The Morgan fingerprint density at radius 1 is 1.11 bits per heavy atom. The Kier molecular flexibility index (Phi) is 6.12. The van der Waals surface area contributed by atoms with E-state index in [1.54, 1.807) is 11.9 Å². The van der Waals surface area contributed by atoms with Crippen molar-refractivity contribution in [3.05, 3.63) is 48.0 Å². The third kappa shape index (κ3) is 4.30. The summed E-state index contributed by atoms with van der Waals surface area (Å²) < 4.78 is 5.69. The highest BCUT2D eigenvalue weighted by atomic mass is 16.5. The van der Waals surface area contributed by atoms with Gasteiger partial charge in [-0.05, 0) is 24.0 Å². The molecule has 0 aromatic heterocycles. The fourth-order valence-corrected chi connectivity index (χ4v) is 3.32.